The van der Waals surface area contributed by atoms with E-state index in [-0.39, 0.29) is 0 Å². The van der Waals surface area contributed by atoms with E-state index in [1.54, 1.807) is 0 Å². The van der Waals surface area contributed by atoms with Crippen molar-refractivity contribution < 1.29 is 4.74 Å². The molecule has 1 heterocycles. The molecule has 0 saturated heterocycles. The van der Waals surface area contributed by atoms with E-state index in [1.807, 2.05) is 13.0 Å². The van der Waals surface area contributed by atoms with E-state index < -0.39 is 0 Å². The van der Waals surface area contributed by atoms with Gasteiger partial charge in [0.25, 0.3) is 0 Å². The van der Waals surface area contributed by atoms with Gasteiger partial charge in [0.2, 0.25) is 0 Å². The Balaban J connectivity index is 2.03. The molecule has 3 heteroatoms. The van der Waals surface area contributed by atoms with Crippen molar-refractivity contribution in [2.75, 3.05) is 11.9 Å². The Kier molecular flexibility index (Phi) is 4.08. The molecule has 1 aliphatic carbocycles. The number of alkyl halides is 1. The summed E-state index contributed by atoms with van der Waals surface area (Å²) >= 11 is 3.61. The fourth-order valence-corrected chi connectivity index (χ4v) is 2.93. The second-order valence-corrected chi connectivity index (χ2v) is 5.59. The maximum Gasteiger partial charge on any atom is 0.140 e. The van der Waals surface area contributed by atoms with E-state index in [0.29, 0.717) is 5.41 Å². The monoisotopic (exact) mass is 297 g/mol. The van der Waals surface area contributed by atoms with Crippen molar-refractivity contribution in [2.24, 2.45) is 5.41 Å². The SMILES string of the molecule is CCc1nc(C)ccc1OCC1(CBr)CCC1. The van der Waals surface area contributed by atoms with Crippen LogP contribution in [0.5, 0.6) is 5.75 Å². The molecule has 0 spiro atoms. The van der Waals surface area contributed by atoms with Crippen molar-refractivity contribution in [2.45, 2.75) is 39.5 Å². The van der Waals surface area contributed by atoms with Crippen molar-refractivity contribution in [1.29, 1.82) is 0 Å². The van der Waals surface area contributed by atoms with Crippen LogP contribution < -0.4 is 4.74 Å². The summed E-state index contributed by atoms with van der Waals surface area (Å²) in [5.74, 6) is 0.963. The Hall–Kier alpha value is -0.570. The minimum atomic E-state index is 0.371. The molecule has 2 rings (SSSR count). The molecule has 17 heavy (non-hydrogen) atoms. The van der Waals surface area contributed by atoms with Gasteiger partial charge in [0.15, 0.2) is 0 Å². The molecule has 0 N–H and O–H groups in total. The van der Waals surface area contributed by atoms with E-state index in [9.17, 15) is 0 Å². The lowest BCUT2D eigenvalue weighted by Crippen LogP contribution is -2.37. The molecule has 0 bridgehead atoms. The summed E-state index contributed by atoms with van der Waals surface area (Å²) in [4.78, 5) is 4.53. The van der Waals surface area contributed by atoms with Crippen molar-refractivity contribution in [3.63, 3.8) is 0 Å². The van der Waals surface area contributed by atoms with Gasteiger partial charge < -0.3 is 4.74 Å². The van der Waals surface area contributed by atoms with Crippen LogP contribution in [0.15, 0.2) is 12.1 Å². The van der Waals surface area contributed by atoms with Gasteiger partial charge in [-0.3, -0.25) is 4.98 Å². The highest BCUT2D eigenvalue weighted by atomic mass is 79.9. The van der Waals surface area contributed by atoms with Crippen molar-refractivity contribution in [3.8, 4) is 5.75 Å². The number of pyridine rings is 1. The van der Waals surface area contributed by atoms with Crippen LogP contribution in [0.2, 0.25) is 0 Å². The highest BCUT2D eigenvalue weighted by Crippen LogP contribution is 2.42. The number of nitrogens with zero attached hydrogens (tertiary/aromatic N) is 1. The second-order valence-electron chi connectivity index (χ2n) is 5.03. The first-order chi connectivity index (χ1) is 8.19. The highest BCUT2D eigenvalue weighted by molar-refractivity contribution is 9.09. The zero-order chi connectivity index (χ0) is 12.3. The summed E-state index contributed by atoms with van der Waals surface area (Å²) in [6.07, 6.45) is 4.82. The molecule has 0 amide bonds. The maximum atomic E-state index is 5.99. The Bertz CT molecular complexity index is 382. The molecule has 0 aromatic carbocycles. The van der Waals surface area contributed by atoms with Gasteiger partial charge in [0, 0.05) is 16.4 Å². The van der Waals surface area contributed by atoms with Crippen LogP contribution >= 0.6 is 15.9 Å². The van der Waals surface area contributed by atoms with Gasteiger partial charge in [0.05, 0.1) is 12.3 Å². The Morgan fingerprint density at radius 1 is 1.41 bits per heavy atom. The molecule has 1 aliphatic rings. The molecule has 0 atom stereocenters. The quantitative estimate of drug-likeness (QED) is 0.769. The molecule has 1 aromatic heterocycles. The molecule has 0 aliphatic heterocycles. The van der Waals surface area contributed by atoms with Crippen molar-refractivity contribution in [3.05, 3.63) is 23.5 Å². The van der Waals surface area contributed by atoms with Gasteiger partial charge in [-0.15, -0.1) is 0 Å². The van der Waals surface area contributed by atoms with Crippen LogP contribution in [-0.2, 0) is 6.42 Å². The molecule has 1 aromatic rings. The van der Waals surface area contributed by atoms with Gasteiger partial charge in [-0.2, -0.15) is 0 Å². The van der Waals surface area contributed by atoms with Gasteiger partial charge in [-0.1, -0.05) is 29.3 Å². The summed E-state index contributed by atoms with van der Waals surface area (Å²) in [6.45, 7) is 4.96. The minimum absolute atomic E-state index is 0.371. The summed E-state index contributed by atoms with van der Waals surface area (Å²) in [7, 11) is 0. The third-order valence-corrected chi connectivity index (χ3v) is 4.83. The fraction of sp³-hybridized carbons (Fsp3) is 0.643. The second kappa shape index (κ2) is 5.38. The minimum Gasteiger partial charge on any atom is -0.491 e. The number of aryl methyl sites for hydroxylation is 2. The average molecular weight is 298 g/mol. The first-order valence-electron chi connectivity index (χ1n) is 6.34. The number of rotatable bonds is 5. The van der Waals surface area contributed by atoms with E-state index in [4.69, 9.17) is 4.74 Å². The Morgan fingerprint density at radius 2 is 2.18 bits per heavy atom. The van der Waals surface area contributed by atoms with E-state index in [2.05, 4.69) is 33.9 Å². The fourth-order valence-electron chi connectivity index (χ4n) is 2.21. The third kappa shape index (κ3) is 2.82. The molecule has 1 fully saturated rings. The van der Waals surface area contributed by atoms with Crippen LogP contribution in [0.1, 0.15) is 37.6 Å². The van der Waals surface area contributed by atoms with Gasteiger partial charge in [0.1, 0.15) is 5.75 Å². The van der Waals surface area contributed by atoms with Crippen molar-refractivity contribution in [1.82, 2.24) is 4.98 Å². The molecule has 1 saturated carbocycles. The predicted molar refractivity (Wildman–Crippen MR) is 73.9 cm³/mol. The van der Waals surface area contributed by atoms with Crippen molar-refractivity contribution >= 4 is 15.9 Å². The Labute approximate surface area is 112 Å². The molecular formula is C14H20BrNO. The highest BCUT2D eigenvalue weighted by Gasteiger charge is 2.36. The van der Waals surface area contributed by atoms with Gasteiger partial charge in [-0.25, -0.2) is 0 Å². The van der Waals surface area contributed by atoms with E-state index in [0.717, 1.165) is 35.5 Å². The lowest BCUT2D eigenvalue weighted by atomic mass is 9.71. The number of hydrogen-bond donors (Lipinski definition) is 0. The topological polar surface area (TPSA) is 22.1 Å². The third-order valence-electron chi connectivity index (χ3n) is 3.64. The lowest BCUT2D eigenvalue weighted by Gasteiger charge is -2.40. The zero-order valence-corrected chi connectivity index (χ0v) is 12.2. The lowest BCUT2D eigenvalue weighted by molar-refractivity contribution is 0.0830. The van der Waals surface area contributed by atoms with Crippen LogP contribution in [0.25, 0.3) is 0 Å². The van der Waals surface area contributed by atoms with Gasteiger partial charge >= 0.3 is 0 Å². The molecular weight excluding hydrogens is 278 g/mol. The molecule has 2 nitrogen and oxygen atoms in total. The Morgan fingerprint density at radius 3 is 2.71 bits per heavy atom. The summed E-state index contributed by atoms with van der Waals surface area (Å²) in [6, 6.07) is 4.08. The average Bonchev–Trinajstić information content (AvgIpc) is 2.29. The summed E-state index contributed by atoms with van der Waals surface area (Å²) in [5.41, 5.74) is 2.51. The zero-order valence-electron chi connectivity index (χ0n) is 10.6. The number of ether oxygens (including phenoxy) is 1. The molecule has 0 radical (unpaired) electrons. The number of hydrogen-bond acceptors (Lipinski definition) is 2. The van der Waals surface area contributed by atoms with E-state index >= 15 is 0 Å². The standard InChI is InChI=1S/C14H20BrNO/c1-3-12-13(6-5-11(2)16-12)17-10-14(9-15)7-4-8-14/h5-6H,3-4,7-10H2,1-2H3. The van der Waals surface area contributed by atoms with Crippen LogP contribution in [0.3, 0.4) is 0 Å². The summed E-state index contributed by atoms with van der Waals surface area (Å²) in [5, 5.41) is 1.04. The smallest absolute Gasteiger partial charge is 0.140 e. The van der Waals surface area contributed by atoms with Crippen LogP contribution in [0.4, 0.5) is 0 Å². The normalized spacial score (nSPS) is 17.6. The maximum absolute atomic E-state index is 5.99. The first-order valence-corrected chi connectivity index (χ1v) is 7.46. The van der Waals surface area contributed by atoms with E-state index in [1.165, 1.54) is 19.3 Å². The molecule has 0 unspecified atom stereocenters. The van der Waals surface area contributed by atoms with Gasteiger partial charge in [-0.05, 0) is 38.3 Å². The largest absolute Gasteiger partial charge is 0.491 e. The first kappa shape index (κ1) is 12.9. The molecule has 94 valence electrons. The number of halogens is 1. The number of aromatic nitrogens is 1. The predicted octanol–water partition coefficient (Wildman–Crippen LogP) is 3.90. The van der Waals surface area contributed by atoms with Crippen LogP contribution in [-0.4, -0.2) is 16.9 Å². The summed E-state index contributed by atoms with van der Waals surface area (Å²) < 4.78 is 5.99. The van der Waals surface area contributed by atoms with Crippen LogP contribution in [0, 0.1) is 12.3 Å².